The molecule has 1 heterocycles. The van der Waals surface area contributed by atoms with Gasteiger partial charge in [0.05, 0.1) is 11.1 Å². The number of carbonyl (C=O) groups is 2. The van der Waals surface area contributed by atoms with Gasteiger partial charge in [0.1, 0.15) is 0 Å². The average Bonchev–Trinajstić information content (AvgIpc) is 2.60. The number of amides is 2. The smallest absolute Gasteiger partial charge is 0.266 e. The van der Waals surface area contributed by atoms with Gasteiger partial charge < -0.3 is 0 Å². The lowest BCUT2D eigenvalue weighted by Crippen LogP contribution is -2.44. The van der Waals surface area contributed by atoms with Gasteiger partial charge in [-0.05, 0) is 35.9 Å². The van der Waals surface area contributed by atoms with Crippen LogP contribution in [-0.4, -0.2) is 30.8 Å². The summed E-state index contributed by atoms with van der Waals surface area (Å²) in [5.41, 5.74) is -5.21. The molecule has 0 fully saturated rings. The van der Waals surface area contributed by atoms with Gasteiger partial charge in [-0.3, -0.25) is 9.59 Å². The van der Waals surface area contributed by atoms with E-state index in [2.05, 4.69) is 4.28 Å². The van der Waals surface area contributed by atoms with Crippen LogP contribution < -0.4 is 0 Å². The summed E-state index contributed by atoms with van der Waals surface area (Å²) in [4.78, 5) is 25.0. The van der Waals surface area contributed by atoms with Crippen molar-refractivity contribution in [2.45, 2.75) is 31.7 Å². The van der Waals surface area contributed by atoms with Crippen molar-refractivity contribution in [1.29, 1.82) is 0 Å². The predicted molar refractivity (Wildman–Crippen MR) is 89.1 cm³/mol. The second-order valence-electron chi connectivity index (χ2n) is 6.03. The molecule has 0 saturated carbocycles. The first-order valence-electron chi connectivity index (χ1n) is 8.02. The van der Waals surface area contributed by atoms with Crippen molar-refractivity contribution in [1.82, 2.24) is 5.06 Å². The van der Waals surface area contributed by atoms with Crippen LogP contribution in [0.25, 0.3) is 10.8 Å². The summed E-state index contributed by atoms with van der Waals surface area (Å²) in [5.74, 6) is -2.53. The van der Waals surface area contributed by atoms with Gasteiger partial charge in [0.15, 0.2) is 0 Å². The Morgan fingerprint density at radius 3 is 2.37 bits per heavy atom. The summed E-state index contributed by atoms with van der Waals surface area (Å²) in [6, 6.07) is 7.70. The maximum Gasteiger partial charge on any atom is 0.525 e. The van der Waals surface area contributed by atoms with Crippen molar-refractivity contribution in [3.63, 3.8) is 0 Å². The molecule has 0 spiro atoms. The number of unbranched alkanes of at least 4 members (excludes halogenated alkanes) is 1. The summed E-state index contributed by atoms with van der Waals surface area (Å²) < 4.78 is 64.2. The van der Waals surface area contributed by atoms with Gasteiger partial charge in [0.2, 0.25) is 0 Å². The van der Waals surface area contributed by atoms with E-state index in [1.54, 1.807) is 12.1 Å². The van der Waals surface area contributed by atoms with Gasteiger partial charge >= 0.3 is 15.6 Å². The monoisotopic (exact) mass is 401 g/mol. The van der Waals surface area contributed by atoms with Crippen LogP contribution in [0.1, 0.15) is 46.0 Å². The topological polar surface area (TPSA) is 80.8 Å². The van der Waals surface area contributed by atoms with E-state index in [1.807, 2.05) is 6.92 Å². The van der Waals surface area contributed by atoms with Crippen LogP contribution in [0, 0.1) is 0 Å². The Hall–Kier alpha value is -2.46. The molecule has 2 aromatic carbocycles. The molecule has 0 unspecified atom stereocenters. The third kappa shape index (κ3) is 3.30. The molecule has 2 amide bonds. The maximum absolute atomic E-state index is 12.6. The highest BCUT2D eigenvalue weighted by Crippen LogP contribution is 2.34. The molecule has 0 aromatic heterocycles. The molecule has 10 heteroatoms. The molecule has 0 atom stereocenters. The number of carbonyl (C=O) groups excluding carboxylic acids is 2. The minimum atomic E-state index is -6.17. The first-order valence-corrected chi connectivity index (χ1v) is 9.43. The lowest BCUT2D eigenvalue weighted by Gasteiger charge is -2.26. The molecule has 0 saturated heterocycles. The van der Waals surface area contributed by atoms with Crippen LogP contribution in [0.5, 0.6) is 0 Å². The molecule has 6 nitrogen and oxygen atoms in total. The van der Waals surface area contributed by atoms with Gasteiger partial charge in [0.25, 0.3) is 11.8 Å². The summed E-state index contributed by atoms with van der Waals surface area (Å²) in [7, 11) is -6.17. The molecule has 0 radical (unpaired) electrons. The predicted octanol–water partition coefficient (Wildman–Crippen LogP) is 3.56. The molecule has 1 aliphatic rings. The minimum absolute atomic E-state index is 0.0776. The van der Waals surface area contributed by atoms with Crippen molar-refractivity contribution in [3.05, 3.63) is 47.0 Å². The van der Waals surface area contributed by atoms with Gasteiger partial charge in [-0.1, -0.05) is 31.5 Å². The highest BCUT2D eigenvalue weighted by Gasteiger charge is 2.51. The Bertz CT molecular complexity index is 1050. The van der Waals surface area contributed by atoms with E-state index in [9.17, 15) is 31.2 Å². The number of hydrogen-bond donors (Lipinski definition) is 0. The van der Waals surface area contributed by atoms with E-state index in [1.165, 1.54) is 18.2 Å². The first-order chi connectivity index (χ1) is 12.6. The Kier molecular flexibility index (Phi) is 4.73. The highest BCUT2D eigenvalue weighted by molar-refractivity contribution is 7.87. The number of hydrogen-bond acceptors (Lipinski definition) is 5. The SMILES string of the molecule is CCCCc1cc2c3c(cccc3c1)C(=O)N(OS(=O)(=O)C(F)(F)F)C2=O. The fraction of sp³-hybridized carbons (Fsp3) is 0.294. The standard InChI is InChI=1S/C17H14F3NO5S/c1-2-3-5-10-8-11-6-4-7-12-14(11)13(9-10)16(23)21(15(12)22)26-27(24,25)17(18,19)20/h4,6-9H,2-3,5H2,1H3. The molecular formula is C17H14F3NO5S. The number of hydroxylamine groups is 2. The third-order valence-corrected chi connectivity index (χ3v) is 5.05. The van der Waals surface area contributed by atoms with Gasteiger partial charge in [-0.15, -0.1) is 9.35 Å². The number of imide groups is 1. The minimum Gasteiger partial charge on any atom is -0.266 e. The number of benzene rings is 2. The molecule has 0 bridgehead atoms. The average molecular weight is 401 g/mol. The third-order valence-electron chi connectivity index (χ3n) is 4.14. The summed E-state index contributed by atoms with van der Waals surface area (Å²) in [5, 5.41) is 0.483. The van der Waals surface area contributed by atoms with Crippen LogP contribution in [0.2, 0.25) is 0 Å². The molecular weight excluding hydrogens is 387 g/mol. The lowest BCUT2D eigenvalue weighted by molar-refractivity contribution is -0.0761. The largest absolute Gasteiger partial charge is 0.525 e. The van der Waals surface area contributed by atoms with Crippen molar-refractivity contribution < 1.29 is 35.5 Å². The number of rotatable bonds is 5. The summed E-state index contributed by atoms with van der Waals surface area (Å²) in [6.07, 6.45) is 2.33. The first kappa shape index (κ1) is 19.3. The summed E-state index contributed by atoms with van der Waals surface area (Å²) >= 11 is 0. The summed E-state index contributed by atoms with van der Waals surface area (Å²) in [6.45, 7) is 1.98. The van der Waals surface area contributed by atoms with Crippen molar-refractivity contribution >= 4 is 32.7 Å². The van der Waals surface area contributed by atoms with Gasteiger partial charge in [0, 0.05) is 5.39 Å². The fourth-order valence-electron chi connectivity index (χ4n) is 2.88. The Labute approximate surface area is 152 Å². The Morgan fingerprint density at radius 1 is 1.07 bits per heavy atom. The molecule has 144 valence electrons. The van der Waals surface area contributed by atoms with Crippen LogP contribution in [-0.2, 0) is 20.8 Å². The number of aryl methyl sites for hydroxylation is 1. The van der Waals surface area contributed by atoms with E-state index in [0.717, 1.165) is 18.4 Å². The second-order valence-corrected chi connectivity index (χ2v) is 7.55. The van der Waals surface area contributed by atoms with Crippen LogP contribution >= 0.6 is 0 Å². The van der Waals surface area contributed by atoms with Crippen LogP contribution in [0.15, 0.2) is 30.3 Å². The van der Waals surface area contributed by atoms with E-state index < -0.39 is 27.4 Å². The Morgan fingerprint density at radius 2 is 1.74 bits per heavy atom. The van der Waals surface area contributed by atoms with E-state index in [0.29, 0.717) is 11.8 Å². The highest BCUT2D eigenvalue weighted by atomic mass is 32.2. The van der Waals surface area contributed by atoms with E-state index >= 15 is 0 Å². The van der Waals surface area contributed by atoms with E-state index in [4.69, 9.17) is 0 Å². The Balaban J connectivity index is 2.13. The lowest BCUT2D eigenvalue weighted by atomic mass is 9.92. The number of alkyl halides is 3. The molecule has 0 N–H and O–H groups in total. The van der Waals surface area contributed by atoms with Gasteiger partial charge in [-0.2, -0.15) is 21.6 Å². The van der Waals surface area contributed by atoms with Gasteiger partial charge in [-0.25, -0.2) is 0 Å². The normalized spacial score (nSPS) is 14.9. The molecule has 1 aliphatic heterocycles. The molecule has 0 aliphatic carbocycles. The van der Waals surface area contributed by atoms with Crippen LogP contribution in [0.4, 0.5) is 13.2 Å². The number of halogens is 3. The van der Waals surface area contributed by atoms with Crippen LogP contribution in [0.3, 0.4) is 0 Å². The molecule has 27 heavy (non-hydrogen) atoms. The van der Waals surface area contributed by atoms with Crippen molar-refractivity contribution in [3.8, 4) is 0 Å². The number of nitrogens with zero attached hydrogens (tertiary/aromatic N) is 1. The van der Waals surface area contributed by atoms with Crippen molar-refractivity contribution in [2.24, 2.45) is 0 Å². The molecule has 2 aromatic rings. The molecule has 3 rings (SSSR count). The quantitative estimate of drug-likeness (QED) is 0.565. The zero-order valence-corrected chi connectivity index (χ0v) is 14.9. The van der Waals surface area contributed by atoms with Crippen molar-refractivity contribution in [2.75, 3.05) is 0 Å². The second kappa shape index (κ2) is 6.61. The fourth-order valence-corrected chi connectivity index (χ4v) is 3.30. The maximum atomic E-state index is 12.6. The zero-order valence-electron chi connectivity index (χ0n) is 14.0. The zero-order chi connectivity index (χ0) is 20.0. The van der Waals surface area contributed by atoms with E-state index in [-0.39, 0.29) is 21.6 Å².